The standard InChI is InChI=1S/C16H22N4O2/c1-2-20-14-6-4-3-5-12(14)19-15(20)7-8-18-16(21)13-11-22-10-9-17-13/h3-6,13,17H,2,7-11H2,1H3,(H,18,21). The lowest BCUT2D eigenvalue weighted by molar-refractivity contribution is -0.125. The quantitative estimate of drug-likeness (QED) is 0.853. The molecule has 2 heterocycles. The van der Waals surface area contributed by atoms with E-state index in [0.717, 1.165) is 36.4 Å². The minimum Gasteiger partial charge on any atom is -0.378 e. The molecule has 0 saturated carbocycles. The first-order valence-electron chi connectivity index (χ1n) is 7.82. The lowest BCUT2D eigenvalue weighted by atomic mass is 10.2. The van der Waals surface area contributed by atoms with Gasteiger partial charge in [-0.3, -0.25) is 4.79 Å². The van der Waals surface area contributed by atoms with Gasteiger partial charge in [-0.1, -0.05) is 12.1 Å². The Hall–Kier alpha value is -1.92. The number of aryl methyl sites for hydroxylation is 1. The van der Waals surface area contributed by atoms with Crippen LogP contribution in [-0.4, -0.2) is 47.8 Å². The van der Waals surface area contributed by atoms with Gasteiger partial charge in [0, 0.05) is 26.1 Å². The Bertz CT molecular complexity index is 647. The van der Waals surface area contributed by atoms with Gasteiger partial charge in [0.2, 0.25) is 5.91 Å². The summed E-state index contributed by atoms with van der Waals surface area (Å²) >= 11 is 0. The third-order valence-corrected chi connectivity index (χ3v) is 3.94. The largest absolute Gasteiger partial charge is 0.378 e. The maximum absolute atomic E-state index is 12.0. The van der Waals surface area contributed by atoms with Gasteiger partial charge in [0.1, 0.15) is 11.9 Å². The average molecular weight is 302 g/mol. The summed E-state index contributed by atoms with van der Waals surface area (Å²) in [6.07, 6.45) is 0.724. The van der Waals surface area contributed by atoms with Gasteiger partial charge in [0.25, 0.3) is 0 Å². The van der Waals surface area contributed by atoms with Crippen LogP contribution in [0, 0.1) is 0 Å². The average Bonchev–Trinajstić information content (AvgIpc) is 2.93. The molecule has 0 spiro atoms. The fourth-order valence-corrected chi connectivity index (χ4v) is 2.82. The number of nitrogens with zero attached hydrogens (tertiary/aromatic N) is 2. The molecule has 1 saturated heterocycles. The van der Waals surface area contributed by atoms with Gasteiger partial charge in [-0.15, -0.1) is 0 Å². The number of aromatic nitrogens is 2. The smallest absolute Gasteiger partial charge is 0.239 e. The number of imidazole rings is 1. The van der Waals surface area contributed by atoms with E-state index in [-0.39, 0.29) is 11.9 Å². The molecule has 1 amide bonds. The van der Waals surface area contributed by atoms with Crippen LogP contribution >= 0.6 is 0 Å². The van der Waals surface area contributed by atoms with Crippen LogP contribution < -0.4 is 10.6 Å². The maximum atomic E-state index is 12.0. The van der Waals surface area contributed by atoms with E-state index in [1.807, 2.05) is 18.2 Å². The van der Waals surface area contributed by atoms with E-state index >= 15 is 0 Å². The second-order valence-corrected chi connectivity index (χ2v) is 5.38. The van der Waals surface area contributed by atoms with Crippen LogP contribution in [0.3, 0.4) is 0 Å². The van der Waals surface area contributed by atoms with Crippen molar-refractivity contribution in [3.05, 3.63) is 30.1 Å². The number of ether oxygens (including phenoxy) is 1. The summed E-state index contributed by atoms with van der Waals surface area (Å²) in [4.78, 5) is 16.7. The minimum absolute atomic E-state index is 0.00106. The highest BCUT2D eigenvalue weighted by molar-refractivity contribution is 5.82. The van der Waals surface area contributed by atoms with Crippen molar-refractivity contribution in [3.63, 3.8) is 0 Å². The first-order chi connectivity index (χ1) is 10.8. The van der Waals surface area contributed by atoms with Crippen molar-refractivity contribution in [1.29, 1.82) is 0 Å². The number of benzene rings is 1. The zero-order valence-corrected chi connectivity index (χ0v) is 12.8. The van der Waals surface area contributed by atoms with Gasteiger partial charge in [-0.25, -0.2) is 4.98 Å². The van der Waals surface area contributed by atoms with E-state index in [1.165, 1.54) is 0 Å². The highest BCUT2D eigenvalue weighted by Gasteiger charge is 2.20. The number of carbonyl (C=O) groups is 1. The fraction of sp³-hybridized carbons (Fsp3) is 0.500. The monoisotopic (exact) mass is 302 g/mol. The second kappa shape index (κ2) is 6.89. The molecule has 6 nitrogen and oxygen atoms in total. The molecule has 0 radical (unpaired) electrons. The van der Waals surface area contributed by atoms with Crippen molar-refractivity contribution >= 4 is 16.9 Å². The van der Waals surface area contributed by atoms with Gasteiger partial charge >= 0.3 is 0 Å². The van der Waals surface area contributed by atoms with Crippen molar-refractivity contribution in [2.24, 2.45) is 0 Å². The Morgan fingerprint density at radius 1 is 1.50 bits per heavy atom. The second-order valence-electron chi connectivity index (χ2n) is 5.38. The fourth-order valence-electron chi connectivity index (χ4n) is 2.82. The topological polar surface area (TPSA) is 68.2 Å². The van der Waals surface area contributed by atoms with Crippen LogP contribution in [0.25, 0.3) is 11.0 Å². The summed E-state index contributed by atoms with van der Waals surface area (Å²) in [6.45, 7) is 5.41. The number of hydrogen-bond acceptors (Lipinski definition) is 4. The first-order valence-corrected chi connectivity index (χ1v) is 7.82. The van der Waals surface area contributed by atoms with Crippen LogP contribution in [-0.2, 0) is 22.5 Å². The number of carbonyl (C=O) groups excluding carboxylic acids is 1. The van der Waals surface area contributed by atoms with Crippen molar-refractivity contribution in [1.82, 2.24) is 20.2 Å². The van der Waals surface area contributed by atoms with Crippen molar-refractivity contribution in [2.75, 3.05) is 26.3 Å². The van der Waals surface area contributed by atoms with E-state index in [9.17, 15) is 4.79 Å². The Morgan fingerprint density at radius 3 is 3.14 bits per heavy atom. The molecule has 0 bridgehead atoms. The Kier molecular flexibility index (Phi) is 4.70. The SMILES string of the molecule is CCn1c(CCNC(=O)C2COCCN2)nc2ccccc21. The molecule has 1 aliphatic heterocycles. The van der Waals surface area contributed by atoms with Crippen LogP contribution in [0.4, 0.5) is 0 Å². The van der Waals surface area contributed by atoms with E-state index in [4.69, 9.17) is 4.74 Å². The number of para-hydroxylation sites is 2. The molecule has 1 aromatic carbocycles. The lowest BCUT2D eigenvalue weighted by Gasteiger charge is -2.22. The van der Waals surface area contributed by atoms with Gasteiger partial charge in [0.05, 0.1) is 24.2 Å². The predicted octanol–water partition coefficient (Wildman–Crippen LogP) is 0.703. The number of rotatable bonds is 5. The number of hydrogen-bond donors (Lipinski definition) is 2. The number of nitrogens with one attached hydrogen (secondary N) is 2. The summed E-state index contributed by atoms with van der Waals surface area (Å²) in [6, 6.07) is 7.88. The van der Waals surface area contributed by atoms with E-state index < -0.39 is 0 Å². The van der Waals surface area contributed by atoms with Gasteiger partial charge < -0.3 is 19.9 Å². The molecule has 1 atom stereocenters. The number of morpholine rings is 1. The molecule has 2 aromatic rings. The number of amides is 1. The molecule has 118 valence electrons. The van der Waals surface area contributed by atoms with Gasteiger partial charge in [0.15, 0.2) is 0 Å². The third-order valence-electron chi connectivity index (χ3n) is 3.94. The molecule has 0 aliphatic carbocycles. The molecular formula is C16H22N4O2. The predicted molar refractivity (Wildman–Crippen MR) is 84.7 cm³/mol. The van der Waals surface area contributed by atoms with E-state index in [1.54, 1.807) is 0 Å². The van der Waals surface area contributed by atoms with Crippen molar-refractivity contribution in [3.8, 4) is 0 Å². The van der Waals surface area contributed by atoms with Crippen LogP contribution in [0.5, 0.6) is 0 Å². The summed E-state index contributed by atoms with van der Waals surface area (Å²) in [5.41, 5.74) is 2.15. The van der Waals surface area contributed by atoms with E-state index in [2.05, 4.69) is 33.2 Å². The normalized spacial score (nSPS) is 18.5. The zero-order chi connectivity index (χ0) is 15.4. The molecule has 22 heavy (non-hydrogen) atoms. The summed E-state index contributed by atoms with van der Waals surface area (Å²) in [7, 11) is 0. The summed E-state index contributed by atoms with van der Waals surface area (Å²) < 4.78 is 7.50. The molecule has 3 rings (SSSR count). The van der Waals surface area contributed by atoms with Crippen LogP contribution in [0.1, 0.15) is 12.7 Å². The highest BCUT2D eigenvalue weighted by Crippen LogP contribution is 2.15. The van der Waals surface area contributed by atoms with Crippen LogP contribution in [0.15, 0.2) is 24.3 Å². The Labute approximate surface area is 129 Å². The molecule has 2 N–H and O–H groups in total. The van der Waals surface area contributed by atoms with Gasteiger partial charge in [-0.2, -0.15) is 0 Å². The van der Waals surface area contributed by atoms with Gasteiger partial charge in [-0.05, 0) is 19.1 Å². The zero-order valence-electron chi connectivity index (χ0n) is 12.8. The van der Waals surface area contributed by atoms with E-state index in [0.29, 0.717) is 19.8 Å². The Balaban J connectivity index is 1.60. The van der Waals surface area contributed by atoms with Crippen molar-refractivity contribution < 1.29 is 9.53 Å². The molecule has 1 fully saturated rings. The molecule has 1 aliphatic rings. The molecule has 6 heteroatoms. The Morgan fingerprint density at radius 2 is 2.36 bits per heavy atom. The third kappa shape index (κ3) is 3.13. The molecular weight excluding hydrogens is 280 g/mol. The first kappa shape index (κ1) is 15.0. The number of fused-ring (bicyclic) bond motifs is 1. The highest BCUT2D eigenvalue weighted by atomic mass is 16.5. The summed E-state index contributed by atoms with van der Waals surface area (Å²) in [5, 5.41) is 6.12. The lowest BCUT2D eigenvalue weighted by Crippen LogP contribution is -2.51. The summed E-state index contributed by atoms with van der Waals surface area (Å²) in [5.74, 6) is 1.01. The maximum Gasteiger partial charge on any atom is 0.239 e. The van der Waals surface area contributed by atoms with Crippen LogP contribution in [0.2, 0.25) is 0 Å². The molecule has 1 unspecified atom stereocenters. The molecule has 1 aromatic heterocycles. The van der Waals surface area contributed by atoms with Crippen molar-refractivity contribution in [2.45, 2.75) is 25.9 Å². The minimum atomic E-state index is -0.237.